The molecule has 0 spiro atoms. The number of hydrogen-bond donors (Lipinski definition) is 2. The Bertz CT molecular complexity index is 407. The van der Waals surface area contributed by atoms with Crippen LogP contribution in [-0.4, -0.2) is 19.6 Å². The molecule has 106 valence electrons. The molecule has 0 aliphatic rings. The van der Waals surface area contributed by atoms with Crippen molar-refractivity contribution in [1.29, 1.82) is 0 Å². The Labute approximate surface area is 116 Å². The minimum Gasteiger partial charge on any atom is -0.341 e. The van der Waals surface area contributed by atoms with E-state index in [0.29, 0.717) is 12.5 Å². The van der Waals surface area contributed by atoms with Gasteiger partial charge in [-0.1, -0.05) is 52.0 Å². The van der Waals surface area contributed by atoms with E-state index in [1.54, 1.807) is 7.05 Å². The van der Waals surface area contributed by atoms with Gasteiger partial charge in [0.15, 0.2) is 0 Å². The zero-order chi connectivity index (χ0) is 14.5. The van der Waals surface area contributed by atoms with E-state index in [-0.39, 0.29) is 11.4 Å². The van der Waals surface area contributed by atoms with Gasteiger partial charge in [-0.3, -0.25) is 0 Å². The van der Waals surface area contributed by atoms with Crippen LogP contribution in [-0.2, 0) is 11.8 Å². The molecule has 0 aliphatic heterocycles. The summed E-state index contributed by atoms with van der Waals surface area (Å²) in [5, 5.41) is 5.44. The van der Waals surface area contributed by atoms with Crippen LogP contribution in [0.25, 0.3) is 0 Å². The normalized spacial score (nSPS) is 11.5. The number of urea groups is 1. The first kappa shape index (κ1) is 15.5. The third kappa shape index (κ3) is 4.93. The van der Waals surface area contributed by atoms with Gasteiger partial charge in [-0.05, 0) is 23.5 Å². The second-order valence-corrected chi connectivity index (χ2v) is 6.11. The number of rotatable bonds is 5. The van der Waals surface area contributed by atoms with Crippen LogP contribution in [0.1, 0.15) is 38.8 Å². The minimum absolute atomic E-state index is 0.0666. The van der Waals surface area contributed by atoms with Gasteiger partial charge < -0.3 is 10.6 Å². The summed E-state index contributed by atoms with van der Waals surface area (Å²) in [6.07, 6.45) is 1.11. The molecular weight excluding hydrogens is 236 g/mol. The van der Waals surface area contributed by atoms with E-state index < -0.39 is 0 Å². The predicted molar refractivity (Wildman–Crippen MR) is 80.5 cm³/mol. The second kappa shape index (κ2) is 6.60. The molecule has 0 radical (unpaired) electrons. The van der Waals surface area contributed by atoms with E-state index >= 15 is 0 Å². The molecule has 0 bridgehead atoms. The molecule has 0 atom stereocenters. The average molecular weight is 262 g/mol. The highest BCUT2D eigenvalue weighted by Crippen LogP contribution is 2.23. The van der Waals surface area contributed by atoms with Crippen molar-refractivity contribution in [1.82, 2.24) is 10.6 Å². The van der Waals surface area contributed by atoms with Gasteiger partial charge in [0.2, 0.25) is 0 Å². The first-order chi connectivity index (χ1) is 8.85. The molecule has 0 aliphatic carbocycles. The Balaban J connectivity index is 2.70. The quantitative estimate of drug-likeness (QED) is 0.841. The summed E-state index contributed by atoms with van der Waals surface area (Å²) in [6, 6.07) is 8.59. The summed E-state index contributed by atoms with van der Waals surface area (Å²) in [5.41, 5.74) is 2.55. The van der Waals surface area contributed by atoms with Crippen molar-refractivity contribution in [3.8, 4) is 0 Å². The van der Waals surface area contributed by atoms with Crippen LogP contribution >= 0.6 is 0 Å². The lowest BCUT2D eigenvalue weighted by Crippen LogP contribution is -2.40. The maximum Gasteiger partial charge on any atom is 0.314 e. The van der Waals surface area contributed by atoms with Gasteiger partial charge in [-0.2, -0.15) is 0 Å². The predicted octanol–water partition coefficient (Wildman–Crippen LogP) is 3.09. The van der Waals surface area contributed by atoms with Gasteiger partial charge >= 0.3 is 6.03 Å². The largest absolute Gasteiger partial charge is 0.341 e. The van der Waals surface area contributed by atoms with Crippen LogP contribution in [0.4, 0.5) is 4.79 Å². The summed E-state index contributed by atoms with van der Waals surface area (Å²) in [7, 11) is 1.63. The lowest BCUT2D eigenvalue weighted by molar-refractivity contribution is 0.240. The van der Waals surface area contributed by atoms with E-state index in [2.05, 4.69) is 62.6 Å². The molecule has 0 saturated carbocycles. The second-order valence-electron chi connectivity index (χ2n) is 6.11. The standard InChI is InChI=1S/C16H26N2O/c1-12(2)10-13-6-8-14(9-7-13)16(3,4)11-18-15(19)17-5/h6-9,12H,10-11H2,1-5H3,(H2,17,18,19). The lowest BCUT2D eigenvalue weighted by Gasteiger charge is -2.26. The number of benzene rings is 1. The van der Waals surface area contributed by atoms with Crippen molar-refractivity contribution in [2.75, 3.05) is 13.6 Å². The smallest absolute Gasteiger partial charge is 0.314 e. The molecule has 1 rings (SSSR count). The Kier molecular flexibility index (Phi) is 5.40. The first-order valence-electron chi connectivity index (χ1n) is 6.90. The molecule has 2 N–H and O–H groups in total. The SMILES string of the molecule is CNC(=O)NCC(C)(C)c1ccc(CC(C)C)cc1. The third-order valence-corrected chi connectivity index (χ3v) is 3.30. The van der Waals surface area contributed by atoms with Crippen LogP contribution in [0.2, 0.25) is 0 Å². The molecule has 1 aromatic rings. The monoisotopic (exact) mass is 262 g/mol. The molecule has 0 saturated heterocycles. The van der Waals surface area contributed by atoms with Gasteiger partial charge in [0.05, 0.1) is 0 Å². The maximum absolute atomic E-state index is 11.2. The van der Waals surface area contributed by atoms with Gasteiger partial charge in [0, 0.05) is 19.0 Å². The number of nitrogens with one attached hydrogen (secondary N) is 2. The number of hydrogen-bond acceptors (Lipinski definition) is 1. The van der Waals surface area contributed by atoms with E-state index in [4.69, 9.17) is 0 Å². The van der Waals surface area contributed by atoms with Crippen molar-refractivity contribution < 1.29 is 4.79 Å². The summed E-state index contributed by atoms with van der Waals surface area (Å²) in [6.45, 7) is 9.35. The average Bonchev–Trinajstić information content (AvgIpc) is 2.36. The van der Waals surface area contributed by atoms with Gasteiger partial charge in [0.25, 0.3) is 0 Å². The van der Waals surface area contributed by atoms with Crippen molar-refractivity contribution in [3.05, 3.63) is 35.4 Å². The van der Waals surface area contributed by atoms with E-state index in [9.17, 15) is 4.79 Å². The Morgan fingerprint density at radius 3 is 2.26 bits per heavy atom. The van der Waals surface area contributed by atoms with Crippen molar-refractivity contribution >= 4 is 6.03 Å². The fourth-order valence-electron chi connectivity index (χ4n) is 2.06. The van der Waals surface area contributed by atoms with E-state index in [0.717, 1.165) is 6.42 Å². The van der Waals surface area contributed by atoms with Crippen LogP contribution in [0, 0.1) is 5.92 Å². The lowest BCUT2D eigenvalue weighted by atomic mass is 9.84. The summed E-state index contributed by atoms with van der Waals surface area (Å²) in [4.78, 5) is 11.2. The van der Waals surface area contributed by atoms with Crippen molar-refractivity contribution in [2.24, 2.45) is 5.92 Å². The van der Waals surface area contributed by atoms with Crippen molar-refractivity contribution in [2.45, 2.75) is 39.5 Å². The zero-order valence-electron chi connectivity index (χ0n) is 12.7. The van der Waals surface area contributed by atoms with Gasteiger partial charge in [-0.15, -0.1) is 0 Å². The molecule has 19 heavy (non-hydrogen) atoms. The minimum atomic E-state index is -0.135. The summed E-state index contributed by atoms with van der Waals surface area (Å²) < 4.78 is 0. The fraction of sp³-hybridized carbons (Fsp3) is 0.562. The van der Waals surface area contributed by atoms with Gasteiger partial charge in [-0.25, -0.2) is 4.79 Å². The molecule has 0 aromatic heterocycles. The molecule has 0 unspecified atom stereocenters. The number of amides is 2. The van der Waals surface area contributed by atoms with Crippen LogP contribution < -0.4 is 10.6 Å². The van der Waals surface area contributed by atoms with Crippen LogP contribution in [0.5, 0.6) is 0 Å². The van der Waals surface area contributed by atoms with Crippen LogP contribution in [0.15, 0.2) is 24.3 Å². The number of carbonyl (C=O) groups is 1. The Morgan fingerprint density at radius 2 is 1.79 bits per heavy atom. The summed E-state index contributed by atoms with van der Waals surface area (Å²) in [5.74, 6) is 0.675. The first-order valence-corrected chi connectivity index (χ1v) is 6.90. The van der Waals surface area contributed by atoms with E-state index in [1.807, 2.05) is 0 Å². The van der Waals surface area contributed by atoms with Gasteiger partial charge in [0.1, 0.15) is 0 Å². The molecule has 0 fully saturated rings. The Morgan fingerprint density at radius 1 is 1.21 bits per heavy atom. The number of carbonyl (C=O) groups excluding carboxylic acids is 1. The molecule has 3 nitrogen and oxygen atoms in total. The fourth-order valence-corrected chi connectivity index (χ4v) is 2.06. The molecular formula is C16H26N2O. The molecule has 1 aromatic carbocycles. The third-order valence-electron chi connectivity index (χ3n) is 3.30. The molecule has 2 amide bonds. The van der Waals surface area contributed by atoms with E-state index in [1.165, 1.54) is 11.1 Å². The zero-order valence-corrected chi connectivity index (χ0v) is 12.7. The topological polar surface area (TPSA) is 41.1 Å². The van der Waals surface area contributed by atoms with Crippen LogP contribution in [0.3, 0.4) is 0 Å². The Hall–Kier alpha value is -1.51. The highest BCUT2D eigenvalue weighted by molar-refractivity contribution is 5.73. The van der Waals surface area contributed by atoms with Crippen molar-refractivity contribution in [3.63, 3.8) is 0 Å². The highest BCUT2D eigenvalue weighted by Gasteiger charge is 2.21. The molecule has 3 heteroatoms. The summed E-state index contributed by atoms with van der Waals surface area (Å²) >= 11 is 0. The molecule has 0 heterocycles. The maximum atomic E-state index is 11.2. The highest BCUT2D eigenvalue weighted by atomic mass is 16.2.